The van der Waals surface area contributed by atoms with Crippen molar-refractivity contribution in [2.75, 3.05) is 19.6 Å². The van der Waals surface area contributed by atoms with Gasteiger partial charge >= 0.3 is 0 Å². The summed E-state index contributed by atoms with van der Waals surface area (Å²) in [5, 5.41) is 5.53. The van der Waals surface area contributed by atoms with Gasteiger partial charge in [-0.25, -0.2) is 4.39 Å². The highest BCUT2D eigenvalue weighted by molar-refractivity contribution is 5.85. The molecule has 0 aliphatic carbocycles. The van der Waals surface area contributed by atoms with Crippen molar-refractivity contribution in [2.24, 2.45) is 11.8 Å². The molecule has 0 bridgehead atoms. The highest BCUT2D eigenvalue weighted by Crippen LogP contribution is 2.18. The summed E-state index contributed by atoms with van der Waals surface area (Å²) in [7, 11) is 0. The van der Waals surface area contributed by atoms with Crippen LogP contribution in [0.2, 0.25) is 0 Å². The van der Waals surface area contributed by atoms with Crippen LogP contribution in [0.1, 0.15) is 50.7 Å². The van der Waals surface area contributed by atoms with Crippen molar-refractivity contribution in [2.45, 2.75) is 53.0 Å². The maximum Gasteiger partial charge on any atom is 0.241 e. The number of aryl methyl sites for hydroxylation is 1. The van der Waals surface area contributed by atoms with Crippen LogP contribution in [0, 0.1) is 24.6 Å². The summed E-state index contributed by atoms with van der Waals surface area (Å²) in [6, 6.07) is 4.93. The first-order valence-corrected chi connectivity index (χ1v) is 10.3. The van der Waals surface area contributed by atoms with Crippen molar-refractivity contribution in [3.8, 4) is 0 Å². The lowest BCUT2D eigenvalue weighted by Crippen LogP contribution is -2.46. The van der Waals surface area contributed by atoms with Crippen molar-refractivity contribution in [1.82, 2.24) is 15.5 Å². The van der Waals surface area contributed by atoms with Gasteiger partial charge in [-0.15, -0.1) is 0 Å². The first kappa shape index (κ1) is 22.8. The number of likely N-dealkylation sites (tertiary alicyclic amines) is 1. The molecular formula is C22H32FN3O3. The molecular weight excluding hydrogens is 373 g/mol. The number of carbonyl (C=O) groups is 3. The summed E-state index contributed by atoms with van der Waals surface area (Å²) < 4.78 is 13.6. The molecule has 0 unspecified atom stereocenters. The van der Waals surface area contributed by atoms with E-state index in [1.165, 1.54) is 6.07 Å². The number of carbonyl (C=O) groups excluding carboxylic acids is 3. The van der Waals surface area contributed by atoms with Crippen LogP contribution >= 0.6 is 0 Å². The highest BCUT2D eigenvalue weighted by atomic mass is 19.1. The molecule has 7 heteroatoms. The topological polar surface area (TPSA) is 78.5 Å². The van der Waals surface area contributed by atoms with Gasteiger partial charge in [0.15, 0.2) is 0 Å². The third kappa shape index (κ3) is 7.48. The Balaban J connectivity index is 1.69. The molecule has 3 amide bonds. The van der Waals surface area contributed by atoms with Gasteiger partial charge in [0.1, 0.15) is 5.82 Å². The third-order valence-electron chi connectivity index (χ3n) is 5.31. The minimum Gasteiger partial charge on any atom is -0.352 e. The number of hydrogen-bond donors (Lipinski definition) is 2. The maximum atomic E-state index is 13.6. The molecule has 2 rings (SSSR count). The summed E-state index contributed by atoms with van der Waals surface area (Å²) in [6.45, 7) is 7.10. The largest absolute Gasteiger partial charge is 0.352 e. The Hall–Kier alpha value is -2.44. The Morgan fingerprint density at radius 1 is 1.17 bits per heavy atom. The van der Waals surface area contributed by atoms with Crippen molar-refractivity contribution in [1.29, 1.82) is 0 Å². The lowest BCUT2D eigenvalue weighted by atomic mass is 9.95. The summed E-state index contributed by atoms with van der Waals surface area (Å²) in [5.41, 5.74) is 1.30. The molecule has 1 aromatic carbocycles. The molecule has 0 saturated carbocycles. The van der Waals surface area contributed by atoms with Gasteiger partial charge in [-0.05, 0) is 49.3 Å². The second-order valence-electron chi connectivity index (χ2n) is 8.17. The lowest BCUT2D eigenvalue weighted by Gasteiger charge is -2.31. The van der Waals surface area contributed by atoms with Gasteiger partial charge in [0, 0.05) is 32.0 Å². The van der Waals surface area contributed by atoms with Crippen LogP contribution in [0.25, 0.3) is 0 Å². The molecule has 1 aliphatic rings. The average molecular weight is 406 g/mol. The van der Waals surface area contributed by atoms with E-state index in [2.05, 4.69) is 24.5 Å². The Morgan fingerprint density at radius 3 is 2.48 bits per heavy atom. The molecule has 0 spiro atoms. The van der Waals surface area contributed by atoms with E-state index in [9.17, 15) is 18.8 Å². The van der Waals surface area contributed by atoms with Crippen molar-refractivity contribution >= 4 is 17.7 Å². The quantitative estimate of drug-likeness (QED) is 0.698. The van der Waals surface area contributed by atoms with Gasteiger partial charge in [0.05, 0.1) is 6.54 Å². The van der Waals surface area contributed by atoms with E-state index < -0.39 is 0 Å². The number of rotatable bonds is 8. The van der Waals surface area contributed by atoms with Crippen LogP contribution in [-0.2, 0) is 20.9 Å². The molecule has 1 saturated heterocycles. The van der Waals surface area contributed by atoms with Crippen molar-refractivity contribution < 1.29 is 18.8 Å². The Kier molecular flexibility index (Phi) is 8.61. The van der Waals surface area contributed by atoms with E-state index >= 15 is 0 Å². The van der Waals surface area contributed by atoms with E-state index in [1.807, 2.05) is 0 Å². The number of hydrogen-bond acceptors (Lipinski definition) is 3. The van der Waals surface area contributed by atoms with E-state index in [0.29, 0.717) is 43.8 Å². The number of halogens is 1. The standard InChI is InChI=1S/C22H32FN3O3/c1-15(2)4-7-20(27)24-14-21(28)26-10-8-18(9-11-26)22(29)25-13-17-6-5-16(3)19(23)12-17/h5-6,12,15,18H,4,7-11,13-14H2,1-3H3,(H,24,27)(H,25,29). The fourth-order valence-corrected chi connectivity index (χ4v) is 3.27. The van der Waals surface area contributed by atoms with Crippen LogP contribution in [0.5, 0.6) is 0 Å². The van der Waals surface area contributed by atoms with Gasteiger partial charge < -0.3 is 15.5 Å². The van der Waals surface area contributed by atoms with Gasteiger partial charge in [-0.2, -0.15) is 0 Å². The van der Waals surface area contributed by atoms with E-state index in [1.54, 1.807) is 24.0 Å². The van der Waals surface area contributed by atoms with Gasteiger partial charge in [0.25, 0.3) is 0 Å². The summed E-state index contributed by atoms with van der Waals surface area (Å²) in [5.74, 6) is -0.271. The van der Waals surface area contributed by atoms with Crippen molar-refractivity contribution in [3.05, 3.63) is 35.1 Å². The molecule has 6 nitrogen and oxygen atoms in total. The SMILES string of the molecule is Cc1ccc(CNC(=O)C2CCN(C(=O)CNC(=O)CCC(C)C)CC2)cc1F. The minimum absolute atomic E-state index is 0.00673. The monoisotopic (exact) mass is 405 g/mol. The predicted octanol–water partition coefficient (Wildman–Crippen LogP) is 2.54. The number of nitrogens with one attached hydrogen (secondary N) is 2. The third-order valence-corrected chi connectivity index (χ3v) is 5.31. The molecule has 0 radical (unpaired) electrons. The zero-order valence-electron chi connectivity index (χ0n) is 17.6. The van der Waals surface area contributed by atoms with Crippen LogP contribution in [-0.4, -0.2) is 42.3 Å². The zero-order chi connectivity index (χ0) is 21.4. The summed E-state index contributed by atoms with van der Waals surface area (Å²) >= 11 is 0. The fourth-order valence-electron chi connectivity index (χ4n) is 3.27. The molecule has 1 aliphatic heterocycles. The molecule has 1 aromatic rings. The van der Waals surface area contributed by atoms with Gasteiger partial charge in [0.2, 0.25) is 17.7 Å². The smallest absolute Gasteiger partial charge is 0.241 e. The van der Waals surface area contributed by atoms with Crippen LogP contribution in [0.15, 0.2) is 18.2 Å². The summed E-state index contributed by atoms with van der Waals surface area (Å²) in [6.07, 6.45) is 2.40. The second kappa shape index (κ2) is 10.9. The van der Waals surface area contributed by atoms with Crippen LogP contribution in [0.3, 0.4) is 0 Å². The number of benzene rings is 1. The average Bonchev–Trinajstić information content (AvgIpc) is 2.71. The molecule has 1 fully saturated rings. The fraction of sp³-hybridized carbons (Fsp3) is 0.591. The lowest BCUT2D eigenvalue weighted by molar-refractivity contribution is -0.136. The minimum atomic E-state index is -0.278. The van der Waals surface area contributed by atoms with E-state index in [4.69, 9.17) is 0 Å². The number of piperidine rings is 1. The first-order valence-electron chi connectivity index (χ1n) is 10.3. The molecule has 29 heavy (non-hydrogen) atoms. The Morgan fingerprint density at radius 2 is 1.86 bits per heavy atom. The second-order valence-corrected chi connectivity index (χ2v) is 8.17. The number of nitrogens with zero attached hydrogens (tertiary/aromatic N) is 1. The van der Waals surface area contributed by atoms with Crippen LogP contribution < -0.4 is 10.6 Å². The predicted molar refractivity (Wildman–Crippen MR) is 109 cm³/mol. The van der Waals surface area contributed by atoms with Crippen LogP contribution in [0.4, 0.5) is 4.39 Å². The zero-order valence-corrected chi connectivity index (χ0v) is 17.6. The van der Waals surface area contributed by atoms with E-state index in [0.717, 1.165) is 12.0 Å². The van der Waals surface area contributed by atoms with Gasteiger partial charge in [-0.1, -0.05) is 26.0 Å². The van der Waals surface area contributed by atoms with Crippen molar-refractivity contribution in [3.63, 3.8) is 0 Å². The number of amides is 3. The first-order chi connectivity index (χ1) is 13.8. The molecule has 0 atom stereocenters. The Bertz CT molecular complexity index is 728. The molecule has 1 heterocycles. The van der Waals surface area contributed by atoms with Gasteiger partial charge in [-0.3, -0.25) is 14.4 Å². The molecule has 160 valence electrons. The summed E-state index contributed by atoms with van der Waals surface area (Å²) in [4.78, 5) is 38.1. The van der Waals surface area contributed by atoms with E-state index in [-0.39, 0.29) is 42.5 Å². The maximum absolute atomic E-state index is 13.6. The Labute approximate surface area is 172 Å². The normalized spacial score (nSPS) is 14.7. The highest BCUT2D eigenvalue weighted by Gasteiger charge is 2.27. The molecule has 0 aromatic heterocycles. The molecule has 2 N–H and O–H groups in total.